The Morgan fingerprint density at radius 3 is 2.64 bits per heavy atom. The third-order valence-electron chi connectivity index (χ3n) is 3.90. The third kappa shape index (κ3) is 4.39. The number of anilines is 2. The van der Waals surface area contributed by atoms with Crippen molar-refractivity contribution in [1.29, 1.82) is 0 Å². The predicted molar refractivity (Wildman–Crippen MR) is 106 cm³/mol. The fourth-order valence-electron chi connectivity index (χ4n) is 2.54. The van der Waals surface area contributed by atoms with Crippen LogP contribution in [-0.4, -0.2) is 32.1 Å². The summed E-state index contributed by atoms with van der Waals surface area (Å²) < 4.78 is 23.7. The van der Waals surface area contributed by atoms with Crippen molar-refractivity contribution in [1.82, 2.24) is 19.7 Å². The van der Waals surface area contributed by atoms with Crippen LogP contribution in [0.25, 0.3) is 11.4 Å². The fourth-order valence-corrected chi connectivity index (χ4v) is 2.88. The largest absolute Gasteiger partial charge is 0.441 e. The van der Waals surface area contributed by atoms with Crippen LogP contribution < -0.4 is 10.0 Å². The number of ether oxygens (including phenoxy) is 1. The zero-order chi connectivity index (χ0) is 20.1. The lowest BCUT2D eigenvalue weighted by atomic mass is 10.1. The number of carbonyl (C=O) groups excluding carboxylic acids is 1. The number of benzene rings is 1. The number of rotatable bonds is 6. The lowest BCUT2D eigenvalue weighted by Crippen LogP contribution is -2.19. The summed E-state index contributed by atoms with van der Waals surface area (Å²) in [6.07, 6.45) is 5.22. The maximum Gasteiger partial charge on any atom is 0.413 e. The summed E-state index contributed by atoms with van der Waals surface area (Å²) in [5.41, 5.74) is 1.59. The van der Waals surface area contributed by atoms with Crippen molar-refractivity contribution in [3.63, 3.8) is 0 Å². The molecule has 0 radical (unpaired) electrons. The van der Waals surface area contributed by atoms with Gasteiger partial charge in [0.25, 0.3) is 0 Å². The van der Waals surface area contributed by atoms with Gasteiger partial charge in [-0.25, -0.2) is 19.2 Å². The number of hydrogen-bond acceptors (Lipinski definition) is 7. The molecular formula is C18H19FN6O2S. The molecule has 3 rings (SSSR count). The standard InChI is InChI=1S/C18H19FN6O2S/c1-11(13-6-4-5-7-15(13)19)27-18(26)23-17-14(10-22-25(17)2)16-20-8-12(9-21-16)24-28-3/h4-11,24H,1-3H3,(H,23,26). The van der Waals surface area contributed by atoms with E-state index in [9.17, 15) is 9.18 Å². The number of nitrogens with zero attached hydrogens (tertiary/aromatic N) is 4. The van der Waals surface area contributed by atoms with E-state index in [2.05, 4.69) is 25.1 Å². The summed E-state index contributed by atoms with van der Waals surface area (Å²) in [6.45, 7) is 1.60. The minimum Gasteiger partial charge on any atom is -0.441 e. The van der Waals surface area contributed by atoms with Gasteiger partial charge in [0.2, 0.25) is 0 Å². The summed E-state index contributed by atoms with van der Waals surface area (Å²) in [6, 6.07) is 6.15. The molecule has 0 aliphatic carbocycles. The number of nitrogens with one attached hydrogen (secondary N) is 2. The molecule has 2 aromatic heterocycles. The molecule has 0 saturated carbocycles. The SMILES string of the molecule is CSNc1cnc(-c2cnn(C)c2NC(=O)OC(C)c2ccccc2F)nc1. The van der Waals surface area contributed by atoms with Gasteiger partial charge in [-0.2, -0.15) is 5.10 Å². The van der Waals surface area contributed by atoms with Gasteiger partial charge >= 0.3 is 6.09 Å². The maximum atomic E-state index is 13.9. The van der Waals surface area contributed by atoms with Crippen LogP contribution in [0.3, 0.4) is 0 Å². The minimum absolute atomic E-state index is 0.295. The first kappa shape index (κ1) is 19.6. The molecule has 2 N–H and O–H groups in total. The van der Waals surface area contributed by atoms with Crippen LogP contribution in [0.1, 0.15) is 18.6 Å². The topological polar surface area (TPSA) is 94.0 Å². The van der Waals surface area contributed by atoms with Crippen LogP contribution in [0.4, 0.5) is 20.7 Å². The van der Waals surface area contributed by atoms with Crippen molar-refractivity contribution in [2.45, 2.75) is 13.0 Å². The van der Waals surface area contributed by atoms with Crippen molar-refractivity contribution in [2.75, 3.05) is 16.3 Å². The molecule has 0 aliphatic heterocycles. The highest BCUT2D eigenvalue weighted by Gasteiger charge is 2.19. The van der Waals surface area contributed by atoms with E-state index in [1.165, 1.54) is 22.7 Å². The van der Waals surface area contributed by atoms with Gasteiger partial charge in [-0.05, 0) is 13.0 Å². The predicted octanol–water partition coefficient (Wildman–Crippen LogP) is 4.02. The lowest BCUT2D eigenvalue weighted by Gasteiger charge is -2.15. The first-order chi connectivity index (χ1) is 13.5. The monoisotopic (exact) mass is 402 g/mol. The normalized spacial score (nSPS) is 11.7. The van der Waals surface area contributed by atoms with E-state index in [1.54, 1.807) is 50.8 Å². The van der Waals surface area contributed by atoms with E-state index in [1.807, 2.05) is 6.26 Å². The Morgan fingerprint density at radius 1 is 1.25 bits per heavy atom. The zero-order valence-corrected chi connectivity index (χ0v) is 16.3. The Labute approximate surface area is 165 Å². The fraction of sp³-hybridized carbons (Fsp3) is 0.222. The summed E-state index contributed by atoms with van der Waals surface area (Å²) >= 11 is 1.43. The molecule has 0 aliphatic rings. The van der Waals surface area contributed by atoms with Crippen LogP contribution >= 0.6 is 11.9 Å². The van der Waals surface area contributed by atoms with Gasteiger partial charge < -0.3 is 9.46 Å². The van der Waals surface area contributed by atoms with Crippen LogP contribution in [-0.2, 0) is 11.8 Å². The third-order valence-corrected chi connectivity index (χ3v) is 4.34. The van der Waals surface area contributed by atoms with Crippen LogP contribution in [0, 0.1) is 5.82 Å². The van der Waals surface area contributed by atoms with E-state index in [4.69, 9.17) is 4.74 Å². The molecule has 10 heteroatoms. The quantitative estimate of drug-likeness (QED) is 0.602. The van der Waals surface area contributed by atoms with Crippen molar-refractivity contribution in [2.24, 2.45) is 7.05 Å². The van der Waals surface area contributed by atoms with E-state index in [-0.39, 0.29) is 0 Å². The molecule has 8 nitrogen and oxygen atoms in total. The average Bonchev–Trinajstić information content (AvgIpc) is 3.03. The minimum atomic E-state index is -0.758. The molecule has 2 heterocycles. The first-order valence-corrected chi connectivity index (χ1v) is 9.57. The van der Waals surface area contributed by atoms with Gasteiger partial charge in [0.05, 0.1) is 29.8 Å². The van der Waals surface area contributed by atoms with Crippen molar-refractivity contribution in [3.8, 4) is 11.4 Å². The second kappa shape index (κ2) is 8.70. The molecule has 0 spiro atoms. The number of aryl methyl sites for hydroxylation is 1. The molecule has 0 saturated heterocycles. The van der Waals surface area contributed by atoms with Gasteiger partial charge in [0.1, 0.15) is 17.7 Å². The summed E-state index contributed by atoms with van der Waals surface area (Å²) in [5, 5.41) is 6.78. The Hall–Kier alpha value is -3.14. The van der Waals surface area contributed by atoms with E-state index in [0.717, 1.165) is 5.69 Å². The Bertz CT molecular complexity index is 963. The Balaban J connectivity index is 1.75. The zero-order valence-electron chi connectivity index (χ0n) is 15.5. The highest BCUT2D eigenvalue weighted by molar-refractivity contribution is 7.99. The van der Waals surface area contributed by atoms with Crippen molar-refractivity contribution >= 4 is 29.5 Å². The second-order valence-corrected chi connectivity index (χ2v) is 6.44. The van der Waals surface area contributed by atoms with Crippen LogP contribution in [0.15, 0.2) is 42.9 Å². The molecule has 0 bridgehead atoms. The number of hydrogen-bond donors (Lipinski definition) is 2. The summed E-state index contributed by atoms with van der Waals surface area (Å²) in [7, 11) is 1.67. The lowest BCUT2D eigenvalue weighted by molar-refractivity contribution is 0.119. The van der Waals surface area contributed by atoms with Gasteiger partial charge in [-0.3, -0.25) is 10.00 Å². The van der Waals surface area contributed by atoms with Gasteiger partial charge in [0, 0.05) is 18.9 Å². The maximum absolute atomic E-state index is 13.9. The number of amides is 1. The van der Waals surface area contributed by atoms with Crippen LogP contribution in [0.5, 0.6) is 0 Å². The first-order valence-electron chi connectivity index (χ1n) is 8.35. The van der Waals surface area contributed by atoms with Gasteiger partial charge in [0.15, 0.2) is 5.82 Å². The van der Waals surface area contributed by atoms with Gasteiger partial charge in [-0.1, -0.05) is 30.1 Å². The highest BCUT2D eigenvalue weighted by atomic mass is 32.2. The number of aromatic nitrogens is 4. The summed E-state index contributed by atoms with van der Waals surface area (Å²) in [5.74, 6) is 0.338. The van der Waals surface area contributed by atoms with E-state index in [0.29, 0.717) is 22.8 Å². The highest BCUT2D eigenvalue weighted by Crippen LogP contribution is 2.26. The summed E-state index contributed by atoms with van der Waals surface area (Å²) in [4.78, 5) is 20.9. The average molecular weight is 402 g/mol. The van der Waals surface area contributed by atoms with Gasteiger partial charge in [-0.15, -0.1) is 0 Å². The molecule has 1 amide bonds. The van der Waals surface area contributed by atoms with E-state index >= 15 is 0 Å². The molecule has 1 aromatic carbocycles. The van der Waals surface area contributed by atoms with Crippen molar-refractivity contribution in [3.05, 3.63) is 54.2 Å². The second-order valence-electron chi connectivity index (χ2n) is 5.83. The number of halogens is 1. The van der Waals surface area contributed by atoms with Crippen LogP contribution in [0.2, 0.25) is 0 Å². The van der Waals surface area contributed by atoms with Crippen molar-refractivity contribution < 1.29 is 13.9 Å². The Kier molecular flexibility index (Phi) is 6.09. The molecule has 1 atom stereocenters. The molecule has 0 fully saturated rings. The molecule has 28 heavy (non-hydrogen) atoms. The number of carbonyl (C=O) groups is 1. The molecular weight excluding hydrogens is 383 g/mol. The molecule has 146 valence electrons. The Morgan fingerprint density at radius 2 is 1.96 bits per heavy atom. The molecule has 1 unspecified atom stereocenters. The smallest absolute Gasteiger partial charge is 0.413 e. The molecule has 3 aromatic rings. The van der Waals surface area contributed by atoms with E-state index < -0.39 is 18.0 Å².